The number of sulfonamides is 1. The summed E-state index contributed by atoms with van der Waals surface area (Å²) in [6.07, 6.45) is 2.83. The molecule has 2 N–H and O–H groups in total. The summed E-state index contributed by atoms with van der Waals surface area (Å²) in [7, 11) is -2.26. The van der Waals surface area contributed by atoms with Crippen LogP contribution < -0.4 is 10.0 Å². The van der Waals surface area contributed by atoms with Crippen LogP contribution in [0.3, 0.4) is 0 Å². The molecule has 0 spiro atoms. The number of hydrogen-bond donors (Lipinski definition) is 1. The zero-order valence-corrected chi connectivity index (χ0v) is 12.7. The topological polar surface area (TPSA) is 93.6 Å². The number of aromatic nitrogens is 3. The minimum atomic E-state index is -3.75. The van der Waals surface area contributed by atoms with Gasteiger partial charge in [0.15, 0.2) is 10.7 Å². The second-order valence-electron chi connectivity index (χ2n) is 4.73. The van der Waals surface area contributed by atoms with E-state index in [4.69, 9.17) is 5.73 Å². The van der Waals surface area contributed by atoms with Gasteiger partial charge < -0.3 is 5.73 Å². The molecular weight excluding hydrogens is 302 g/mol. The molecule has 0 unspecified atom stereocenters. The lowest BCUT2D eigenvalue weighted by atomic mass is 10.2. The van der Waals surface area contributed by atoms with E-state index in [1.807, 2.05) is 0 Å². The highest BCUT2D eigenvalue weighted by Gasteiger charge is 2.25. The second-order valence-corrected chi connectivity index (χ2v) is 6.65. The predicted octanol–water partition coefficient (Wildman–Crippen LogP) is 1.01. The van der Waals surface area contributed by atoms with Crippen LogP contribution in [0, 0.1) is 0 Å². The quantitative estimate of drug-likeness (QED) is 0.775. The Bertz CT molecular complexity index is 902. The van der Waals surface area contributed by atoms with Crippen molar-refractivity contribution in [3.63, 3.8) is 0 Å². The zero-order chi connectivity index (χ0) is 15.7. The largest absolute Gasteiger partial charge is 0.326 e. The lowest BCUT2D eigenvalue weighted by molar-refractivity contribution is 0.586. The first-order valence-electron chi connectivity index (χ1n) is 6.61. The summed E-state index contributed by atoms with van der Waals surface area (Å²) in [4.78, 5) is 4.07. The van der Waals surface area contributed by atoms with Gasteiger partial charge in [-0.1, -0.05) is 12.1 Å². The van der Waals surface area contributed by atoms with Crippen LogP contribution in [-0.2, 0) is 16.6 Å². The molecular formula is C14H15N5O2S. The fourth-order valence-corrected chi connectivity index (χ4v) is 3.33. The number of hydrogen-bond acceptors (Lipinski definition) is 5. The molecule has 3 aromatic rings. The number of benzene rings is 1. The van der Waals surface area contributed by atoms with Gasteiger partial charge in [-0.2, -0.15) is 13.5 Å². The van der Waals surface area contributed by atoms with Gasteiger partial charge in [-0.3, -0.25) is 4.31 Å². The Morgan fingerprint density at radius 3 is 2.64 bits per heavy atom. The maximum Gasteiger partial charge on any atom is 0.283 e. The molecule has 114 valence electrons. The lowest BCUT2D eigenvalue weighted by Crippen LogP contribution is -2.27. The Labute approximate surface area is 128 Å². The van der Waals surface area contributed by atoms with E-state index in [-0.39, 0.29) is 5.03 Å². The van der Waals surface area contributed by atoms with Gasteiger partial charge in [-0.05, 0) is 29.8 Å². The third-order valence-corrected chi connectivity index (χ3v) is 5.15. The van der Waals surface area contributed by atoms with Crippen LogP contribution in [0.5, 0.6) is 0 Å². The molecule has 0 bridgehead atoms. The molecule has 0 fully saturated rings. The van der Waals surface area contributed by atoms with Gasteiger partial charge in [0.2, 0.25) is 0 Å². The number of imidazole rings is 1. The summed E-state index contributed by atoms with van der Waals surface area (Å²) in [5, 5.41) is 4.06. The number of fused-ring (bicyclic) bond motifs is 1. The molecule has 0 aliphatic heterocycles. The van der Waals surface area contributed by atoms with E-state index in [9.17, 15) is 8.42 Å². The lowest BCUT2D eigenvalue weighted by Gasteiger charge is -2.18. The molecule has 0 aliphatic rings. The first-order chi connectivity index (χ1) is 10.5. The first kappa shape index (κ1) is 14.5. The number of nitrogens with two attached hydrogens (primary N) is 1. The molecule has 1 aromatic carbocycles. The maximum absolute atomic E-state index is 12.8. The summed E-state index contributed by atoms with van der Waals surface area (Å²) < 4.78 is 28.0. The fourth-order valence-electron chi connectivity index (χ4n) is 2.10. The predicted molar refractivity (Wildman–Crippen MR) is 82.9 cm³/mol. The highest BCUT2D eigenvalue weighted by molar-refractivity contribution is 7.92. The van der Waals surface area contributed by atoms with Gasteiger partial charge in [-0.15, -0.1) is 0 Å². The smallest absolute Gasteiger partial charge is 0.283 e. The van der Waals surface area contributed by atoms with E-state index in [1.54, 1.807) is 36.4 Å². The monoisotopic (exact) mass is 317 g/mol. The van der Waals surface area contributed by atoms with Gasteiger partial charge in [0, 0.05) is 19.8 Å². The number of nitrogens with zero attached hydrogens (tertiary/aromatic N) is 4. The molecule has 0 amide bonds. The third-order valence-electron chi connectivity index (χ3n) is 3.41. The SMILES string of the molecule is CN(c1ccc(CN)cc1)S(=O)(=O)c1cnc2cccnn12. The molecule has 0 saturated carbocycles. The van der Waals surface area contributed by atoms with Gasteiger partial charge in [0.1, 0.15) is 0 Å². The molecule has 2 aromatic heterocycles. The van der Waals surface area contributed by atoms with Crippen LogP contribution in [0.15, 0.2) is 53.8 Å². The Morgan fingerprint density at radius 2 is 1.95 bits per heavy atom. The van der Waals surface area contributed by atoms with Crippen molar-refractivity contribution in [1.29, 1.82) is 0 Å². The first-order valence-corrected chi connectivity index (χ1v) is 8.05. The average molecular weight is 317 g/mol. The minimum absolute atomic E-state index is 0.0218. The van der Waals surface area contributed by atoms with Crippen molar-refractivity contribution in [2.24, 2.45) is 5.73 Å². The highest BCUT2D eigenvalue weighted by Crippen LogP contribution is 2.22. The molecule has 0 saturated heterocycles. The van der Waals surface area contributed by atoms with Crippen molar-refractivity contribution < 1.29 is 8.42 Å². The molecule has 22 heavy (non-hydrogen) atoms. The van der Waals surface area contributed by atoms with Crippen molar-refractivity contribution >= 4 is 21.4 Å². The summed E-state index contributed by atoms with van der Waals surface area (Å²) in [6.45, 7) is 0.411. The zero-order valence-electron chi connectivity index (χ0n) is 11.9. The summed E-state index contributed by atoms with van der Waals surface area (Å²) in [5.41, 5.74) is 7.51. The molecule has 0 atom stereocenters. The summed E-state index contributed by atoms with van der Waals surface area (Å²) >= 11 is 0. The van der Waals surface area contributed by atoms with Crippen LogP contribution >= 0.6 is 0 Å². The van der Waals surface area contributed by atoms with Gasteiger partial charge in [0.05, 0.1) is 11.9 Å². The van der Waals surface area contributed by atoms with E-state index in [0.29, 0.717) is 17.9 Å². The summed E-state index contributed by atoms with van der Waals surface area (Å²) in [6, 6.07) is 10.4. The molecule has 7 nitrogen and oxygen atoms in total. The van der Waals surface area contributed by atoms with Crippen LogP contribution in [0.4, 0.5) is 5.69 Å². The van der Waals surface area contributed by atoms with Crippen LogP contribution in [0.2, 0.25) is 0 Å². The van der Waals surface area contributed by atoms with E-state index in [1.165, 1.54) is 28.3 Å². The van der Waals surface area contributed by atoms with Crippen LogP contribution in [0.25, 0.3) is 5.65 Å². The van der Waals surface area contributed by atoms with Crippen molar-refractivity contribution in [2.45, 2.75) is 11.6 Å². The van der Waals surface area contributed by atoms with E-state index in [2.05, 4.69) is 10.1 Å². The average Bonchev–Trinajstić information content (AvgIpc) is 2.99. The van der Waals surface area contributed by atoms with Crippen molar-refractivity contribution in [1.82, 2.24) is 14.6 Å². The van der Waals surface area contributed by atoms with Gasteiger partial charge in [0.25, 0.3) is 10.0 Å². The molecule has 2 heterocycles. The fraction of sp³-hybridized carbons (Fsp3) is 0.143. The van der Waals surface area contributed by atoms with Crippen molar-refractivity contribution in [2.75, 3.05) is 11.4 Å². The van der Waals surface area contributed by atoms with Crippen LogP contribution in [0.1, 0.15) is 5.56 Å². The standard InChI is InChI=1S/C14H15N5O2S/c1-18(12-6-4-11(9-15)5-7-12)22(20,21)14-10-16-13-3-2-8-17-19(13)14/h2-8,10H,9,15H2,1H3. The van der Waals surface area contributed by atoms with Crippen molar-refractivity contribution in [3.8, 4) is 0 Å². The van der Waals surface area contributed by atoms with Crippen molar-refractivity contribution in [3.05, 3.63) is 54.4 Å². The number of rotatable bonds is 4. The molecule has 0 aliphatic carbocycles. The summed E-state index contributed by atoms with van der Waals surface area (Å²) in [5.74, 6) is 0. The Hall–Kier alpha value is -2.45. The van der Waals surface area contributed by atoms with E-state index >= 15 is 0 Å². The number of anilines is 1. The van der Waals surface area contributed by atoms with E-state index < -0.39 is 10.0 Å². The van der Waals surface area contributed by atoms with Crippen LogP contribution in [-0.4, -0.2) is 30.1 Å². The van der Waals surface area contributed by atoms with Gasteiger partial charge >= 0.3 is 0 Å². The van der Waals surface area contributed by atoms with E-state index in [0.717, 1.165) is 5.56 Å². The Morgan fingerprint density at radius 1 is 1.23 bits per heavy atom. The minimum Gasteiger partial charge on any atom is -0.326 e. The second kappa shape index (κ2) is 5.39. The normalized spacial score (nSPS) is 11.7. The Kier molecular flexibility index (Phi) is 3.55. The molecule has 8 heteroatoms. The third kappa shape index (κ3) is 2.32. The Balaban J connectivity index is 2.04. The highest BCUT2D eigenvalue weighted by atomic mass is 32.2. The van der Waals surface area contributed by atoms with Gasteiger partial charge in [-0.25, -0.2) is 9.50 Å². The molecule has 3 rings (SSSR count). The maximum atomic E-state index is 12.8. The molecule has 0 radical (unpaired) electrons.